The largest absolute Gasteiger partial charge is 0.490 e. The maximum Gasteiger partial charge on any atom is 0.293 e. The number of thiophene rings is 2. The SMILES string of the molecule is COc1cnc(CNC(=O)c2csc3c(ON4CC(Cc5csc6c(=O)[nH]c(-c7ccccn7)nc56)C4)nc(-c4ccccn4)nc23)[nH]c1=O. The van der Waals surface area contributed by atoms with Crippen LogP contribution in [0.2, 0.25) is 0 Å². The Labute approximate surface area is 290 Å². The minimum Gasteiger partial charge on any atom is -0.490 e. The Morgan fingerprint density at radius 1 is 0.920 bits per heavy atom. The van der Waals surface area contributed by atoms with E-state index in [9.17, 15) is 14.4 Å². The second kappa shape index (κ2) is 13.2. The number of amides is 1. The summed E-state index contributed by atoms with van der Waals surface area (Å²) in [6, 6.07) is 10.9. The van der Waals surface area contributed by atoms with Gasteiger partial charge in [-0.15, -0.1) is 27.7 Å². The van der Waals surface area contributed by atoms with Crippen molar-refractivity contribution in [2.24, 2.45) is 5.92 Å². The number of nitrogens with one attached hydrogen (secondary N) is 3. The molecule has 0 radical (unpaired) electrons. The van der Waals surface area contributed by atoms with Gasteiger partial charge in [-0.25, -0.2) is 15.0 Å². The van der Waals surface area contributed by atoms with Gasteiger partial charge in [-0.2, -0.15) is 4.98 Å². The number of H-pyrrole nitrogens is 2. The monoisotopic (exact) mass is 706 g/mol. The number of aromatic amines is 2. The van der Waals surface area contributed by atoms with Gasteiger partial charge < -0.3 is 24.9 Å². The summed E-state index contributed by atoms with van der Waals surface area (Å²) in [5.74, 6) is 1.26. The molecular weight excluding hydrogens is 681 g/mol. The summed E-state index contributed by atoms with van der Waals surface area (Å²) in [5.41, 5.74) is 2.93. The lowest BCUT2D eigenvalue weighted by molar-refractivity contribution is -0.141. The average Bonchev–Trinajstić information content (AvgIpc) is 3.75. The third-order valence-corrected chi connectivity index (χ3v) is 10.0. The molecule has 0 aromatic carbocycles. The normalized spacial score (nSPS) is 13.4. The van der Waals surface area contributed by atoms with Gasteiger partial charge in [0, 0.05) is 30.9 Å². The molecule has 0 aliphatic carbocycles. The average molecular weight is 707 g/mol. The zero-order valence-corrected chi connectivity index (χ0v) is 27.9. The minimum absolute atomic E-state index is 0.0140. The molecule has 8 heterocycles. The lowest BCUT2D eigenvalue weighted by atomic mass is 9.95. The second-order valence-corrected chi connectivity index (χ2v) is 13.1. The van der Waals surface area contributed by atoms with E-state index >= 15 is 0 Å². The predicted molar refractivity (Wildman–Crippen MR) is 186 cm³/mol. The summed E-state index contributed by atoms with van der Waals surface area (Å²) in [4.78, 5) is 77.1. The number of aromatic nitrogens is 8. The van der Waals surface area contributed by atoms with Crippen molar-refractivity contribution < 1.29 is 14.4 Å². The molecule has 0 atom stereocenters. The van der Waals surface area contributed by atoms with E-state index in [1.165, 1.54) is 36.0 Å². The molecule has 0 spiro atoms. The van der Waals surface area contributed by atoms with Crippen molar-refractivity contribution in [1.82, 2.24) is 50.3 Å². The molecule has 15 nitrogen and oxygen atoms in total. The summed E-state index contributed by atoms with van der Waals surface area (Å²) in [5, 5.41) is 8.30. The number of fused-ring (bicyclic) bond motifs is 2. The first-order valence-electron chi connectivity index (χ1n) is 15.4. The van der Waals surface area contributed by atoms with E-state index < -0.39 is 11.5 Å². The molecular formula is C33H26N10O5S2. The Morgan fingerprint density at radius 2 is 1.70 bits per heavy atom. The van der Waals surface area contributed by atoms with Crippen LogP contribution < -0.4 is 26.0 Å². The van der Waals surface area contributed by atoms with Crippen molar-refractivity contribution >= 4 is 49.0 Å². The van der Waals surface area contributed by atoms with Crippen LogP contribution in [0, 0.1) is 5.92 Å². The molecule has 50 heavy (non-hydrogen) atoms. The molecule has 1 aliphatic heterocycles. The lowest BCUT2D eigenvalue weighted by Crippen LogP contribution is -2.49. The number of pyridine rings is 2. The molecule has 1 saturated heterocycles. The number of hydroxylamine groups is 2. The Balaban J connectivity index is 1.01. The van der Waals surface area contributed by atoms with Gasteiger partial charge in [-0.05, 0) is 47.5 Å². The fourth-order valence-corrected chi connectivity index (χ4v) is 7.36. The summed E-state index contributed by atoms with van der Waals surface area (Å²) in [6.07, 6.45) is 5.33. The first-order valence-corrected chi connectivity index (χ1v) is 17.1. The van der Waals surface area contributed by atoms with Gasteiger partial charge in [0.2, 0.25) is 5.75 Å². The van der Waals surface area contributed by atoms with Gasteiger partial charge in [0.25, 0.3) is 22.9 Å². The third-order valence-electron chi connectivity index (χ3n) is 8.03. The number of methoxy groups -OCH3 is 1. The summed E-state index contributed by atoms with van der Waals surface area (Å²) < 4.78 is 6.14. The van der Waals surface area contributed by atoms with E-state index in [4.69, 9.17) is 24.5 Å². The number of rotatable bonds is 10. The molecule has 7 aromatic rings. The van der Waals surface area contributed by atoms with Crippen molar-refractivity contribution in [2.75, 3.05) is 20.2 Å². The fraction of sp³-hybridized carbons (Fsp3) is 0.182. The highest BCUT2D eigenvalue weighted by molar-refractivity contribution is 7.18. The van der Waals surface area contributed by atoms with E-state index in [1.54, 1.807) is 29.9 Å². The molecule has 17 heteroatoms. The van der Waals surface area contributed by atoms with Crippen LogP contribution in [0.3, 0.4) is 0 Å². The van der Waals surface area contributed by atoms with Crippen LogP contribution >= 0.6 is 22.7 Å². The molecule has 1 amide bonds. The van der Waals surface area contributed by atoms with E-state index in [0.717, 1.165) is 5.56 Å². The van der Waals surface area contributed by atoms with Crippen LogP contribution in [0.5, 0.6) is 11.6 Å². The standard InChI is InChI=1S/C33H26N10O5S2/c1-47-22-11-36-23(38-31(22)45)12-37-30(44)19-16-50-27-25(19)40-29(21-7-3-5-9-35-21)42-33(27)48-43-13-17(14-43)10-18-15-49-26-24(18)39-28(41-32(26)46)20-6-2-4-8-34-20/h2-9,11,15-17H,10,12-14H2,1H3,(H,37,44)(H,36,38,45)(H,39,41,46). The smallest absolute Gasteiger partial charge is 0.293 e. The third kappa shape index (κ3) is 6.08. The summed E-state index contributed by atoms with van der Waals surface area (Å²) >= 11 is 2.68. The Kier molecular flexibility index (Phi) is 8.27. The van der Waals surface area contributed by atoms with Gasteiger partial charge >= 0.3 is 0 Å². The molecule has 0 saturated carbocycles. The van der Waals surface area contributed by atoms with Crippen LogP contribution in [-0.4, -0.2) is 71.0 Å². The number of carbonyl (C=O) groups excluding carboxylic acids is 1. The number of hydrogen-bond acceptors (Lipinski definition) is 14. The van der Waals surface area contributed by atoms with Crippen LogP contribution in [0.25, 0.3) is 43.5 Å². The van der Waals surface area contributed by atoms with Gasteiger partial charge in [0.15, 0.2) is 11.6 Å². The topological polar surface area (TPSA) is 194 Å². The molecule has 1 aliphatic rings. The van der Waals surface area contributed by atoms with E-state index in [-0.39, 0.29) is 29.6 Å². The predicted octanol–water partition coefficient (Wildman–Crippen LogP) is 3.60. The zero-order chi connectivity index (χ0) is 34.2. The Hall–Kier alpha value is -5.91. The number of carbonyl (C=O) groups is 1. The van der Waals surface area contributed by atoms with Crippen molar-refractivity contribution in [2.45, 2.75) is 13.0 Å². The highest BCUT2D eigenvalue weighted by atomic mass is 32.1. The quantitative estimate of drug-likeness (QED) is 0.187. The van der Waals surface area contributed by atoms with Gasteiger partial charge in [0.1, 0.15) is 32.1 Å². The number of ether oxygens (including phenoxy) is 1. The Morgan fingerprint density at radius 3 is 2.44 bits per heavy atom. The van der Waals surface area contributed by atoms with Crippen molar-refractivity contribution in [1.29, 1.82) is 0 Å². The molecule has 0 unspecified atom stereocenters. The van der Waals surface area contributed by atoms with Gasteiger partial charge in [-0.1, -0.05) is 12.1 Å². The van der Waals surface area contributed by atoms with Crippen LogP contribution in [0.1, 0.15) is 21.7 Å². The van der Waals surface area contributed by atoms with Gasteiger partial charge in [0.05, 0.1) is 30.9 Å². The van der Waals surface area contributed by atoms with E-state index in [1.807, 2.05) is 34.7 Å². The van der Waals surface area contributed by atoms with Crippen molar-refractivity contribution in [3.05, 3.63) is 103 Å². The first-order chi connectivity index (χ1) is 24.4. The van der Waals surface area contributed by atoms with Crippen LogP contribution in [0.15, 0.2) is 75.3 Å². The van der Waals surface area contributed by atoms with Crippen LogP contribution in [-0.2, 0) is 13.0 Å². The first kappa shape index (κ1) is 31.4. The minimum atomic E-state index is -0.444. The Bertz CT molecular complexity index is 2480. The maximum absolute atomic E-state index is 13.4. The molecule has 250 valence electrons. The molecule has 0 bridgehead atoms. The lowest BCUT2D eigenvalue weighted by Gasteiger charge is -2.37. The fourth-order valence-electron chi connectivity index (χ4n) is 5.54. The van der Waals surface area contributed by atoms with E-state index in [2.05, 4.69) is 30.2 Å². The number of hydrogen-bond donors (Lipinski definition) is 3. The highest BCUT2D eigenvalue weighted by Crippen LogP contribution is 2.35. The van der Waals surface area contributed by atoms with E-state index in [0.29, 0.717) is 74.4 Å². The molecule has 7 aromatic heterocycles. The second-order valence-electron chi connectivity index (χ2n) is 11.4. The number of nitrogens with zero attached hydrogens (tertiary/aromatic N) is 7. The highest BCUT2D eigenvalue weighted by Gasteiger charge is 2.32. The van der Waals surface area contributed by atoms with Crippen molar-refractivity contribution in [3.63, 3.8) is 0 Å². The van der Waals surface area contributed by atoms with Crippen molar-refractivity contribution in [3.8, 4) is 34.7 Å². The zero-order valence-electron chi connectivity index (χ0n) is 26.2. The summed E-state index contributed by atoms with van der Waals surface area (Å²) in [6.45, 7) is 1.22. The molecule has 1 fully saturated rings. The molecule has 8 rings (SSSR count). The summed E-state index contributed by atoms with van der Waals surface area (Å²) in [7, 11) is 1.38. The van der Waals surface area contributed by atoms with Gasteiger partial charge in [-0.3, -0.25) is 24.4 Å². The maximum atomic E-state index is 13.4. The van der Waals surface area contributed by atoms with Crippen LogP contribution in [0.4, 0.5) is 0 Å². The molecule has 3 N–H and O–H groups in total.